The Hall–Kier alpha value is -1.24. The van der Waals surface area contributed by atoms with Crippen LogP contribution in [0.15, 0.2) is 0 Å². The van der Waals surface area contributed by atoms with E-state index in [1.165, 1.54) is 0 Å². The molecule has 1 saturated carbocycles. The highest BCUT2D eigenvalue weighted by Crippen LogP contribution is 2.41. The summed E-state index contributed by atoms with van der Waals surface area (Å²) in [5.41, 5.74) is 0. The van der Waals surface area contributed by atoms with Crippen molar-refractivity contribution in [2.45, 2.75) is 32.4 Å². The van der Waals surface area contributed by atoms with Gasteiger partial charge < -0.3 is 14.9 Å². The summed E-state index contributed by atoms with van der Waals surface area (Å²) < 4.78 is 0. The topological polar surface area (TPSA) is 77.9 Å². The fourth-order valence-corrected chi connectivity index (χ4v) is 3.46. The largest absolute Gasteiger partial charge is 0.481 e. The SMILES string of the molecule is CC(C)N(C)C(=O)C1CSCN1C(=O)C1CC1C(=O)O. The number of amides is 2. The van der Waals surface area contributed by atoms with Gasteiger partial charge in [0.15, 0.2) is 0 Å². The van der Waals surface area contributed by atoms with Gasteiger partial charge in [-0.1, -0.05) is 0 Å². The summed E-state index contributed by atoms with van der Waals surface area (Å²) in [7, 11) is 1.73. The molecule has 0 spiro atoms. The molecule has 2 rings (SSSR count). The molecule has 6 nitrogen and oxygen atoms in total. The molecule has 1 saturated heterocycles. The summed E-state index contributed by atoms with van der Waals surface area (Å²) in [5.74, 6) is -1.10. The molecule has 0 aromatic carbocycles. The van der Waals surface area contributed by atoms with Crippen molar-refractivity contribution in [2.75, 3.05) is 18.7 Å². The monoisotopic (exact) mass is 300 g/mol. The van der Waals surface area contributed by atoms with Crippen molar-refractivity contribution in [1.29, 1.82) is 0 Å². The lowest BCUT2D eigenvalue weighted by atomic mass is 10.2. The second-order valence-electron chi connectivity index (χ2n) is 5.65. The summed E-state index contributed by atoms with van der Waals surface area (Å²) >= 11 is 1.54. The quantitative estimate of drug-likeness (QED) is 0.817. The fraction of sp³-hybridized carbons (Fsp3) is 0.769. The molecule has 3 atom stereocenters. The normalized spacial score (nSPS) is 28.6. The summed E-state index contributed by atoms with van der Waals surface area (Å²) in [6.07, 6.45) is 0.399. The highest BCUT2D eigenvalue weighted by molar-refractivity contribution is 7.99. The van der Waals surface area contributed by atoms with E-state index in [0.717, 1.165) is 0 Å². The number of carbonyl (C=O) groups excluding carboxylic acids is 2. The molecular weight excluding hydrogens is 280 g/mol. The smallest absolute Gasteiger partial charge is 0.307 e. The van der Waals surface area contributed by atoms with Crippen LogP contribution in [0.4, 0.5) is 0 Å². The zero-order valence-corrected chi connectivity index (χ0v) is 12.7. The van der Waals surface area contributed by atoms with E-state index in [9.17, 15) is 14.4 Å². The number of nitrogens with zero attached hydrogens (tertiary/aromatic N) is 2. The van der Waals surface area contributed by atoms with E-state index >= 15 is 0 Å². The van der Waals surface area contributed by atoms with Crippen LogP contribution in [0.5, 0.6) is 0 Å². The van der Waals surface area contributed by atoms with Crippen molar-refractivity contribution >= 4 is 29.5 Å². The number of rotatable bonds is 4. The van der Waals surface area contributed by atoms with Crippen LogP contribution in [0.1, 0.15) is 20.3 Å². The fourth-order valence-electron chi connectivity index (χ4n) is 2.31. The van der Waals surface area contributed by atoms with E-state index in [4.69, 9.17) is 5.11 Å². The van der Waals surface area contributed by atoms with Gasteiger partial charge in [0.1, 0.15) is 6.04 Å². The molecule has 0 aromatic heterocycles. The third kappa shape index (κ3) is 2.77. The summed E-state index contributed by atoms with van der Waals surface area (Å²) in [4.78, 5) is 38.7. The van der Waals surface area contributed by atoms with Crippen molar-refractivity contribution in [3.05, 3.63) is 0 Å². The molecule has 2 aliphatic rings. The van der Waals surface area contributed by atoms with E-state index in [0.29, 0.717) is 18.1 Å². The number of hydrogen-bond acceptors (Lipinski definition) is 4. The van der Waals surface area contributed by atoms with Crippen LogP contribution in [0.3, 0.4) is 0 Å². The molecule has 1 aliphatic heterocycles. The second-order valence-corrected chi connectivity index (χ2v) is 6.65. The van der Waals surface area contributed by atoms with Gasteiger partial charge in [0.2, 0.25) is 11.8 Å². The van der Waals surface area contributed by atoms with E-state index in [1.54, 1.807) is 28.6 Å². The molecule has 3 unspecified atom stereocenters. The van der Waals surface area contributed by atoms with Gasteiger partial charge in [-0.05, 0) is 20.3 Å². The molecule has 2 fully saturated rings. The Kier molecular flexibility index (Phi) is 4.27. The Morgan fingerprint density at radius 3 is 2.45 bits per heavy atom. The average molecular weight is 300 g/mol. The highest BCUT2D eigenvalue weighted by atomic mass is 32.2. The molecule has 1 N–H and O–H groups in total. The van der Waals surface area contributed by atoms with Crippen molar-refractivity contribution in [3.8, 4) is 0 Å². The maximum Gasteiger partial charge on any atom is 0.307 e. The van der Waals surface area contributed by atoms with Gasteiger partial charge in [-0.3, -0.25) is 14.4 Å². The Morgan fingerprint density at radius 2 is 1.95 bits per heavy atom. The van der Waals surface area contributed by atoms with Gasteiger partial charge in [0.25, 0.3) is 0 Å². The second kappa shape index (κ2) is 5.63. The Labute approximate surface area is 122 Å². The average Bonchev–Trinajstić information content (AvgIpc) is 3.06. The van der Waals surface area contributed by atoms with Gasteiger partial charge in [-0.25, -0.2) is 0 Å². The first-order valence-electron chi connectivity index (χ1n) is 6.72. The van der Waals surface area contributed by atoms with Gasteiger partial charge >= 0.3 is 5.97 Å². The highest BCUT2D eigenvalue weighted by Gasteiger charge is 2.52. The summed E-state index contributed by atoms with van der Waals surface area (Å²) in [6.45, 7) is 3.85. The van der Waals surface area contributed by atoms with Gasteiger partial charge in [0.05, 0.1) is 17.7 Å². The minimum absolute atomic E-state index is 0.0640. The van der Waals surface area contributed by atoms with Crippen molar-refractivity contribution < 1.29 is 19.5 Å². The molecule has 1 aliphatic carbocycles. The van der Waals surface area contributed by atoms with E-state index < -0.39 is 23.8 Å². The number of aliphatic carboxylic acids is 1. The van der Waals surface area contributed by atoms with Crippen LogP contribution in [0.25, 0.3) is 0 Å². The molecule has 0 radical (unpaired) electrons. The van der Waals surface area contributed by atoms with Crippen LogP contribution in [0.2, 0.25) is 0 Å². The Bertz CT molecular complexity index is 440. The maximum absolute atomic E-state index is 12.4. The number of thioether (sulfide) groups is 1. The van der Waals surface area contributed by atoms with Crippen LogP contribution >= 0.6 is 11.8 Å². The summed E-state index contributed by atoms with van der Waals surface area (Å²) in [6, 6.07) is -0.368. The zero-order valence-electron chi connectivity index (χ0n) is 11.9. The molecule has 1 heterocycles. The predicted molar refractivity (Wildman–Crippen MR) is 75.1 cm³/mol. The van der Waals surface area contributed by atoms with E-state index in [1.807, 2.05) is 13.8 Å². The van der Waals surface area contributed by atoms with Gasteiger partial charge in [-0.2, -0.15) is 0 Å². The van der Waals surface area contributed by atoms with E-state index in [2.05, 4.69) is 0 Å². The van der Waals surface area contributed by atoms with Gasteiger partial charge in [0, 0.05) is 18.8 Å². The minimum atomic E-state index is -0.919. The lowest BCUT2D eigenvalue weighted by molar-refractivity contribution is -0.145. The first-order chi connectivity index (χ1) is 9.34. The number of carboxylic acid groups (broad SMARTS) is 1. The Morgan fingerprint density at radius 1 is 1.30 bits per heavy atom. The zero-order chi connectivity index (χ0) is 15.0. The number of carbonyl (C=O) groups is 3. The molecule has 20 heavy (non-hydrogen) atoms. The maximum atomic E-state index is 12.4. The molecule has 0 aromatic rings. The number of carboxylic acids is 1. The van der Waals surface area contributed by atoms with Crippen molar-refractivity contribution in [1.82, 2.24) is 9.80 Å². The molecule has 7 heteroatoms. The minimum Gasteiger partial charge on any atom is -0.481 e. The molecular formula is C13H20N2O4S. The summed E-state index contributed by atoms with van der Waals surface area (Å²) in [5, 5.41) is 8.90. The van der Waals surface area contributed by atoms with Gasteiger partial charge in [-0.15, -0.1) is 11.8 Å². The van der Waals surface area contributed by atoms with Crippen molar-refractivity contribution in [3.63, 3.8) is 0 Å². The molecule has 112 valence electrons. The predicted octanol–water partition coefficient (Wildman–Crippen LogP) is 0.475. The first kappa shape index (κ1) is 15.2. The van der Waals surface area contributed by atoms with Crippen LogP contribution in [-0.2, 0) is 14.4 Å². The van der Waals surface area contributed by atoms with Crippen molar-refractivity contribution in [2.24, 2.45) is 11.8 Å². The van der Waals surface area contributed by atoms with Crippen LogP contribution in [0, 0.1) is 11.8 Å². The first-order valence-corrected chi connectivity index (χ1v) is 7.87. The molecule has 2 amide bonds. The standard InChI is InChI=1S/C13H20N2O4S/c1-7(2)14(3)12(17)10-5-20-6-15(10)11(16)8-4-9(8)13(18)19/h7-10H,4-6H2,1-3H3,(H,18,19). The lowest BCUT2D eigenvalue weighted by Gasteiger charge is -2.29. The van der Waals surface area contributed by atoms with Crippen LogP contribution < -0.4 is 0 Å². The lowest BCUT2D eigenvalue weighted by Crippen LogP contribution is -2.50. The molecule has 0 bridgehead atoms. The third-order valence-corrected chi connectivity index (χ3v) is 5.01. The van der Waals surface area contributed by atoms with E-state index in [-0.39, 0.29) is 17.9 Å². The van der Waals surface area contributed by atoms with Crippen LogP contribution in [-0.4, -0.2) is 63.5 Å². The Balaban J connectivity index is 2.03. The number of hydrogen-bond donors (Lipinski definition) is 1. The number of likely N-dealkylation sites (N-methyl/N-ethyl adjacent to an activating group) is 1. The third-order valence-electron chi connectivity index (χ3n) is 4.00.